The van der Waals surface area contributed by atoms with Gasteiger partial charge in [0.05, 0.1) is 7.11 Å². The van der Waals surface area contributed by atoms with Crippen molar-refractivity contribution in [3.05, 3.63) is 12.2 Å². The van der Waals surface area contributed by atoms with Gasteiger partial charge in [0.2, 0.25) is 5.91 Å². The van der Waals surface area contributed by atoms with Crippen LogP contribution in [0, 0.1) is 0 Å². The number of ether oxygens (including phenoxy) is 1. The highest BCUT2D eigenvalue weighted by Gasteiger charge is 2.21. The van der Waals surface area contributed by atoms with Gasteiger partial charge in [0.1, 0.15) is 6.04 Å². The molecule has 4 nitrogen and oxygen atoms in total. The second-order valence-electron chi connectivity index (χ2n) is 2.22. The lowest BCUT2D eigenvalue weighted by Crippen LogP contribution is -2.42. The maximum atomic E-state index is 10.8. The molecule has 0 aromatic carbocycles. The molecule has 0 aromatic rings. The first-order valence-corrected chi connectivity index (χ1v) is 3.29. The quantitative estimate of drug-likeness (QED) is 0.524. The van der Waals surface area contributed by atoms with E-state index < -0.39 is 12.0 Å². The Hall–Kier alpha value is -1.32. The molecule has 1 aliphatic heterocycles. The van der Waals surface area contributed by atoms with Crippen LogP contribution in [0.15, 0.2) is 12.2 Å². The van der Waals surface area contributed by atoms with Gasteiger partial charge in [-0.1, -0.05) is 6.08 Å². The van der Waals surface area contributed by atoms with E-state index >= 15 is 0 Å². The van der Waals surface area contributed by atoms with Gasteiger partial charge in [-0.2, -0.15) is 0 Å². The number of methoxy groups -OCH3 is 1. The Bertz CT molecular complexity index is 210. The number of carbonyl (C=O) groups excluding carboxylic acids is 2. The number of rotatable bonds is 1. The van der Waals surface area contributed by atoms with Crippen LogP contribution in [0.4, 0.5) is 0 Å². The van der Waals surface area contributed by atoms with Crippen molar-refractivity contribution in [2.75, 3.05) is 7.11 Å². The zero-order chi connectivity index (χ0) is 8.27. The first-order chi connectivity index (χ1) is 5.24. The molecule has 1 aliphatic rings. The summed E-state index contributed by atoms with van der Waals surface area (Å²) in [6, 6.07) is -0.502. The normalized spacial score (nSPS) is 22.6. The molecule has 0 radical (unpaired) electrons. The molecule has 0 bridgehead atoms. The van der Waals surface area contributed by atoms with Gasteiger partial charge < -0.3 is 10.1 Å². The second-order valence-corrected chi connectivity index (χ2v) is 2.22. The minimum absolute atomic E-state index is 0.244. The maximum Gasteiger partial charge on any atom is 0.328 e. The monoisotopic (exact) mass is 155 g/mol. The number of hydrogen-bond acceptors (Lipinski definition) is 3. The van der Waals surface area contributed by atoms with Crippen molar-refractivity contribution in [3.63, 3.8) is 0 Å². The maximum absolute atomic E-state index is 10.8. The SMILES string of the molecule is COC(=O)[C@@H]1CC=CC(=O)N1. The van der Waals surface area contributed by atoms with Gasteiger partial charge in [-0.05, 0) is 12.5 Å². The average Bonchev–Trinajstić information content (AvgIpc) is 2.03. The lowest BCUT2D eigenvalue weighted by atomic mass is 10.1. The topological polar surface area (TPSA) is 55.4 Å². The molecule has 1 atom stereocenters. The molecule has 0 aliphatic carbocycles. The van der Waals surface area contributed by atoms with E-state index in [1.54, 1.807) is 6.08 Å². The third kappa shape index (κ3) is 1.80. The molecule has 1 rings (SSSR count). The lowest BCUT2D eigenvalue weighted by molar-refractivity contribution is -0.144. The summed E-state index contributed by atoms with van der Waals surface area (Å²) in [7, 11) is 1.30. The molecule has 0 spiro atoms. The van der Waals surface area contributed by atoms with Crippen molar-refractivity contribution in [3.8, 4) is 0 Å². The number of nitrogens with one attached hydrogen (secondary N) is 1. The van der Waals surface area contributed by atoms with Crippen LogP contribution in [-0.4, -0.2) is 25.0 Å². The number of amides is 1. The number of hydrogen-bond donors (Lipinski definition) is 1. The van der Waals surface area contributed by atoms with Gasteiger partial charge in [0.25, 0.3) is 0 Å². The molecule has 0 unspecified atom stereocenters. The molecule has 11 heavy (non-hydrogen) atoms. The molecule has 0 aromatic heterocycles. The minimum Gasteiger partial charge on any atom is -0.467 e. The van der Waals surface area contributed by atoms with E-state index in [2.05, 4.69) is 10.1 Å². The van der Waals surface area contributed by atoms with E-state index in [0.717, 1.165) is 0 Å². The van der Waals surface area contributed by atoms with E-state index in [1.807, 2.05) is 0 Å². The van der Waals surface area contributed by atoms with E-state index in [1.165, 1.54) is 13.2 Å². The lowest BCUT2D eigenvalue weighted by Gasteiger charge is -2.16. The summed E-state index contributed by atoms with van der Waals surface area (Å²) in [6.45, 7) is 0. The highest BCUT2D eigenvalue weighted by molar-refractivity contribution is 5.93. The molecule has 60 valence electrons. The number of esters is 1. The van der Waals surface area contributed by atoms with Crippen molar-refractivity contribution in [1.29, 1.82) is 0 Å². The summed E-state index contributed by atoms with van der Waals surface area (Å²) in [5, 5.41) is 2.47. The highest BCUT2D eigenvalue weighted by Crippen LogP contribution is 2.01. The van der Waals surface area contributed by atoms with Crippen molar-refractivity contribution < 1.29 is 14.3 Å². The first-order valence-electron chi connectivity index (χ1n) is 3.29. The van der Waals surface area contributed by atoms with Gasteiger partial charge in [0.15, 0.2) is 0 Å². The smallest absolute Gasteiger partial charge is 0.328 e. The Morgan fingerprint density at radius 2 is 2.55 bits per heavy atom. The van der Waals surface area contributed by atoms with Crippen LogP contribution in [-0.2, 0) is 14.3 Å². The van der Waals surface area contributed by atoms with Crippen LogP contribution < -0.4 is 5.32 Å². The third-order valence-corrected chi connectivity index (χ3v) is 1.44. The van der Waals surface area contributed by atoms with Crippen molar-refractivity contribution in [2.24, 2.45) is 0 Å². The molecular formula is C7H9NO3. The summed E-state index contributed by atoms with van der Waals surface area (Å²) in [6.07, 6.45) is 3.57. The molecular weight excluding hydrogens is 146 g/mol. The summed E-state index contributed by atoms with van der Waals surface area (Å²) >= 11 is 0. The average molecular weight is 155 g/mol. The predicted molar refractivity (Wildman–Crippen MR) is 37.7 cm³/mol. The molecule has 0 fully saturated rings. The van der Waals surface area contributed by atoms with Crippen LogP contribution in [0.5, 0.6) is 0 Å². The standard InChI is InChI=1S/C7H9NO3/c1-11-7(10)5-3-2-4-6(9)8-5/h2,4-5H,3H2,1H3,(H,8,9)/t5-/m0/s1. The summed E-state index contributed by atoms with van der Waals surface area (Å²) in [5.74, 6) is -0.644. The van der Waals surface area contributed by atoms with Gasteiger partial charge in [-0.3, -0.25) is 4.79 Å². The fourth-order valence-electron chi connectivity index (χ4n) is 0.887. The van der Waals surface area contributed by atoms with Crippen LogP contribution in [0.1, 0.15) is 6.42 Å². The van der Waals surface area contributed by atoms with E-state index in [9.17, 15) is 9.59 Å². The molecule has 1 heterocycles. The van der Waals surface area contributed by atoms with Crippen LogP contribution in [0.2, 0.25) is 0 Å². The summed E-state index contributed by atoms with van der Waals surface area (Å²) < 4.78 is 4.45. The van der Waals surface area contributed by atoms with Gasteiger partial charge >= 0.3 is 5.97 Å². The van der Waals surface area contributed by atoms with E-state index in [4.69, 9.17) is 0 Å². The van der Waals surface area contributed by atoms with Crippen molar-refractivity contribution in [1.82, 2.24) is 5.32 Å². The van der Waals surface area contributed by atoms with Gasteiger partial charge in [0, 0.05) is 0 Å². The second kappa shape index (κ2) is 3.18. The first kappa shape index (κ1) is 7.78. The third-order valence-electron chi connectivity index (χ3n) is 1.44. The summed E-state index contributed by atoms with van der Waals surface area (Å²) in [5.41, 5.74) is 0. The Kier molecular flexibility index (Phi) is 2.25. The fraction of sp³-hybridized carbons (Fsp3) is 0.429. The van der Waals surface area contributed by atoms with Gasteiger partial charge in [-0.25, -0.2) is 4.79 Å². The van der Waals surface area contributed by atoms with E-state index in [-0.39, 0.29) is 5.91 Å². The fourth-order valence-corrected chi connectivity index (χ4v) is 0.887. The van der Waals surface area contributed by atoms with Crippen molar-refractivity contribution in [2.45, 2.75) is 12.5 Å². The Balaban J connectivity index is 2.56. The summed E-state index contributed by atoms with van der Waals surface area (Å²) in [4.78, 5) is 21.5. The zero-order valence-electron chi connectivity index (χ0n) is 6.16. The van der Waals surface area contributed by atoms with Crippen LogP contribution in [0.25, 0.3) is 0 Å². The Morgan fingerprint density at radius 1 is 1.82 bits per heavy atom. The number of carbonyl (C=O) groups is 2. The largest absolute Gasteiger partial charge is 0.467 e. The van der Waals surface area contributed by atoms with Crippen LogP contribution in [0.3, 0.4) is 0 Å². The molecule has 1 amide bonds. The van der Waals surface area contributed by atoms with Crippen molar-refractivity contribution >= 4 is 11.9 Å². The predicted octanol–water partition coefficient (Wildman–Crippen LogP) is -0.396. The Labute approximate surface area is 64.2 Å². The highest BCUT2D eigenvalue weighted by atomic mass is 16.5. The molecule has 1 N–H and O–H groups in total. The molecule has 4 heteroatoms. The zero-order valence-corrected chi connectivity index (χ0v) is 6.16. The minimum atomic E-state index is -0.502. The van der Waals surface area contributed by atoms with Crippen LogP contribution >= 0.6 is 0 Å². The molecule has 0 saturated carbocycles. The van der Waals surface area contributed by atoms with Gasteiger partial charge in [-0.15, -0.1) is 0 Å². The van der Waals surface area contributed by atoms with E-state index in [0.29, 0.717) is 6.42 Å². The molecule has 0 saturated heterocycles. The Morgan fingerprint density at radius 3 is 3.09 bits per heavy atom.